The third kappa shape index (κ3) is 5.65. The molecular formula is C15H25NO4S. The SMILES string of the molecule is CCNC(C)c1ccc(OC)c(CS(=O)(=O)CCOC)c1. The predicted molar refractivity (Wildman–Crippen MR) is 84.5 cm³/mol. The second kappa shape index (κ2) is 8.36. The smallest absolute Gasteiger partial charge is 0.156 e. The van der Waals surface area contributed by atoms with Gasteiger partial charge in [0.1, 0.15) is 5.75 Å². The summed E-state index contributed by atoms with van der Waals surface area (Å²) in [7, 11) is -0.165. The molecule has 21 heavy (non-hydrogen) atoms. The van der Waals surface area contributed by atoms with Gasteiger partial charge in [-0.25, -0.2) is 8.42 Å². The highest BCUT2D eigenvalue weighted by Gasteiger charge is 2.16. The topological polar surface area (TPSA) is 64.6 Å². The molecule has 0 fully saturated rings. The minimum absolute atomic E-state index is 0.0135. The second-order valence-electron chi connectivity index (χ2n) is 4.94. The van der Waals surface area contributed by atoms with Crippen LogP contribution >= 0.6 is 0 Å². The van der Waals surface area contributed by atoms with Gasteiger partial charge in [-0.1, -0.05) is 13.0 Å². The molecule has 0 amide bonds. The number of nitrogens with one attached hydrogen (secondary N) is 1. The number of ether oxygens (including phenoxy) is 2. The van der Waals surface area contributed by atoms with Crippen LogP contribution in [0.4, 0.5) is 0 Å². The molecule has 5 nitrogen and oxygen atoms in total. The summed E-state index contributed by atoms with van der Waals surface area (Å²) in [6.07, 6.45) is 0. The fourth-order valence-electron chi connectivity index (χ4n) is 2.12. The maximum absolute atomic E-state index is 12.1. The third-order valence-electron chi connectivity index (χ3n) is 3.29. The molecule has 1 rings (SSSR count). The Morgan fingerprint density at radius 1 is 1.29 bits per heavy atom. The van der Waals surface area contributed by atoms with E-state index in [9.17, 15) is 8.42 Å². The molecule has 0 saturated carbocycles. The highest BCUT2D eigenvalue weighted by Crippen LogP contribution is 2.25. The molecule has 0 spiro atoms. The van der Waals surface area contributed by atoms with E-state index in [-0.39, 0.29) is 24.2 Å². The highest BCUT2D eigenvalue weighted by atomic mass is 32.2. The van der Waals surface area contributed by atoms with Crippen molar-refractivity contribution in [3.63, 3.8) is 0 Å². The lowest BCUT2D eigenvalue weighted by Gasteiger charge is -2.16. The first kappa shape index (κ1) is 17.9. The zero-order chi connectivity index (χ0) is 15.9. The Balaban J connectivity index is 3.00. The molecule has 0 aromatic heterocycles. The van der Waals surface area contributed by atoms with Crippen LogP contribution in [0.15, 0.2) is 18.2 Å². The molecular weight excluding hydrogens is 290 g/mol. The average Bonchev–Trinajstić information content (AvgIpc) is 2.45. The van der Waals surface area contributed by atoms with Gasteiger partial charge in [0.15, 0.2) is 9.84 Å². The lowest BCUT2D eigenvalue weighted by Crippen LogP contribution is -2.18. The molecule has 120 valence electrons. The molecule has 0 heterocycles. The van der Waals surface area contributed by atoms with Crippen LogP contribution in [0.25, 0.3) is 0 Å². The number of hydrogen-bond donors (Lipinski definition) is 1. The molecule has 1 N–H and O–H groups in total. The molecule has 0 bridgehead atoms. The summed E-state index contributed by atoms with van der Waals surface area (Å²) in [5, 5.41) is 3.31. The van der Waals surface area contributed by atoms with Crippen molar-refractivity contribution in [2.75, 3.05) is 33.1 Å². The van der Waals surface area contributed by atoms with Crippen molar-refractivity contribution in [2.45, 2.75) is 25.6 Å². The van der Waals surface area contributed by atoms with Crippen molar-refractivity contribution < 1.29 is 17.9 Å². The second-order valence-corrected chi connectivity index (χ2v) is 7.12. The maximum atomic E-state index is 12.1. The molecule has 6 heteroatoms. The Morgan fingerprint density at radius 3 is 2.57 bits per heavy atom. The van der Waals surface area contributed by atoms with Gasteiger partial charge in [-0.3, -0.25) is 0 Å². The van der Waals surface area contributed by atoms with Crippen LogP contribution in [0.5, 0.6) is 5.75 Å². The quantitative estimate of drug-likeness (QED) is 0.754. The van der Waals surface area contributed by atoms with Gasteiger partial charge >= 0.3 is 0 Å². The lowest BCUT2D eigenvalue weighted by molar-refractivity contribution is 0.217. The van der Waals surface area contributed by atoms with Gasteiger partial charge in [-0.15, -0.1) is 0 Å². The van der Waals surface area contributed by atoms with Crippen LogP contribution in [0.1, 0.15) is 31.0 Å². The van der Waals surface area contributed by atoms with E-state index in [1.807, 2.05) is 25.1 Å². The summed E-state index contributed by atoms with van der Waals surface area (Å²) in [4.78, 5) is 0. The predicted octanol–water partition coefficient (Wildman–Crippen LogP) is 1.93. The molecule has 1 atom stereocenters. The minimum atomic E-state index is -3.21. The standard InChI is InChI=1S/C15H25NO4S/c1-5-16-12(2)13-6-7-15(20-4)14(10-13)11-21(17,18)9-8-19-3/h6-7,10,12,16H,5,8-9,11H2,1-4H3. The number of benzene rings is 1. The molecule has 0 aliphatic carbocycles. The third-order valence-corrected chi connectivity index (χ3v) is 4.83. The summed E-state index contributed by atoms with van der Waals surface area (Å²) in [6.45, 7) is 5.15. The van der Waals surface area contributed by atoms with E-state index >= 15 is 0 Å². The summed E-state index contributed by atoms with van der Waals surface area (Å²) < 4.78 is 34.3. The van der Waals surface area contributed by atoms with E-state index in [1.165, 1.54) is 7.11 Å². The van der Waals surface area contributed by atoms with Gasteiger partial charge in [-0.05, 0) is 31.2 Å². The zero-order valence-electron chi connectivity index (χ0n) is 13.2. The van der Waals surface area contributed by atoms with Crippen LogP contribution in [-0.4, -0.2) is 41.5 Å². The largest absolute Gasteiger partial charge is 0.496 e. The van der Waals surface area contributed by atoms with Crippen LogP contribution in [0.2, 0.25) is 0 Å². The Hall–Kier alpha value is -1.11. The summed E-state index contributed by atoms with van der Waals surface area (Å²) in [6, 6.07) is 5.85. The van der Waals surface area contributed by atoms with E-state index in [4.69, 9.17) is 9.47 Å². The fraction of sp³-hybridized carbons (Fsp3) is 0.600. The van der Waals surface area contributed by atoms with E-state index in [1.54, 1.807) is 7.11 Å². The minimum Gasteiger partial charge on any atom is -0.496 e. The van der Waals surface area contributed by atoms with Gasteiger partial charge < -0.3 is 14.8 Å². The lowest BCUT2D eigenvalue weighted by atomic mass is 10.0. The van der Waals surface area contributed by atoms with Gasteiger partial charge in [0.05, 0.1) is 25.2 Å². The molecule has 0 aliphatic rings. The highest BCUT2D eigenvalue weighted by molar-refractivity contribution is 7.90. The Labute approximate surface area is 127 Å². The normalized spacial score (nSPS) is 13.1. The zero-order valence-corrected chi connectivity index (χ0v) is 14.0. The van der Waals surface area contributed by atoms with Gasteiger partial charge in [0.2, 0.25) is 0 Å². The van der Waals surface area contributed by atoms with Gasteiger partial charge in [-0.2, -0.15) is 0 Å². The maximum Gasteiger partial charge on any atom is 0.156 e. The van der Waals surface area contributed by atoms with E-state index < -0.39 is 9.84 Å². The first-order chi connectivity index (χ1) is 9.93. The summed E-state index contributed by atoms with van der Waals surface area (Å²) in [5.74, 6) is 0.578. The Morgan fingerprint density at radius 2 is 2.00 bits per heavy atom. The molecule has 0 radical (unpaired) electrons. The number of rotatable bonds is 9. The first-order valence-electron chi connectivity index (χ1n) is 7.03. The number of methoxy groups -OCH3 is 2. The molecule has 0 saturated heterocycles. The summed E-state index contributed by atoms with van der Waals surface area (Å²) in [5.41, 5.74) is 1.74. The number of sulfone groups is 1. The van der Waals surface area contributed by atoms with Crippen LogP contribution in [0.3, 0.4) is 0 Å². The van der Waals surface area contributed by atoms with Crippen molar-refractivity contribution in [1.82, 2.24) is 5.32 Å². The Bertz CT molecular complexity index is 543. The van der Waals surface area contributed by atoms with Gasteiger partial charge in [0, 0.05) is 18.7 Å². The molecule has 0 aliphatic heterocycles. The van der Waals surface area contributed by atoms with E-state index in [2.05, 4.69) is 12.2 Å². The first-order valence-corrected chi connectivity index (χ1v) is 8.85. The van der Waals surface area contributed by atoms with Crippen LogP contribution < -0.4 is 10.1 Å². The fourth-order valence-corrected chi connectivity index (χ4v) is 3.39. The average molecular weight is 315 g/mol. The molecule has 1 aromatic rings. The van der Waals surface area contributed by atoms with Crippen molar-refractivity contribution in [3.05, 3.63) is 29.3 Å². The monoisotopic (exact) mass is 315 g/mol. The molecule has 1 aromatic carbocycles. The van der Waals surface area contributed by atoms with Gasteiger partial charge in [0.25, 0.3) is 0 Å². The molecule has 1 unspecified atom stereocenters. The van der Waals surface area contributed by atoms with E-state index in [0.29, 0.717) is 11.3 Å². The van der Waals surface area contributed by atoms with Crippen molar-refractivity contribution in [1.29, 1.82) is 0 Å². The number of hydrogen-bond acceptors (Lipinski definition) is 5. The Kier molecular flexibility index (Phi) is 7.14. The van der Waals surface area contributed by atoms with Crippen LogP contribution in [0, 0.1) is 0 Å². The van der Waals surface area contributed by atoms with Crippen molar-refractivity contribution >= 4 is 9.84 Å². The van der Waals surface area contributed by atoms with Crippen molar-refractivity contribution in [2.24, 2.45) is 0 Å². The summed E-state index contributed by atoms with van der Waals surface area (Å²) >= 11 is 0. The van der Waals surface area contributed by atoms with Crippen molar-refractivity contribution in [3.8, 4) is 5.75 Å². The van der Waals surface area contributed by atoms with Crippen LogP contribution in [-0.2, 0) is 20.3 Å². The van der Waals surface area contributed by atoms with E-state index in [0.717, 1.165) is 12.1 Å².